The van der Waals surface area contributed by atoms with Crippen LogP contribution in [0.25, 0.3) is 0 Å². The van der Waals surface area contributed by atoms with Gasteiger partial charge in [-0.15, -0.1) is 11.8 Å². The van der Waals surface area contributed by atoms with Crippen molar-refractivity contribution in [3.05, 3.63) is 23.8 Å². The Balaban J connectivity index is 1.96. The summed E-state index contributed by atoms with van der Waals surface area (Å²) in [5, 5.41) is 10.1. The maximum atomic E-state index is 9.54. The van der Waals surface area contributed by atoms with Gasteiger partial charge < -0.3 is 15.6 Å². The highest BCUT2D eigenvalue weighted by Gasteiger charge is 2.18. The van der Waals surface area contributed by atoms with Crippen LogP contribution in [0.1, 0.15) is 5.56 Å². The topological polar surface area (TPSA) is 55.5 Å². The van der Waals surface area contributed by atoms with Gasteiger partial charge in [0.1, 0.15) is 5.75 Å². The number of nitrogen functional groups attached to an aromatic ring is 1. The smallest absolute Gasteiger partial charge is 0.119 e. The Hall–Kier alpha value is -0.870. The SMILES string of the molecule is Nc1ccc(O)c(CSC2COC2)c1. The lowest BCUT2D eigenvalue weighted by atomic mass is 10.2. The number of thioether (sulfide) groups is 1. The van der Waals surface area contributed by atoms with Crippen LogP contribution in [0.4, 0.5) is 5.69 Å². The quantitative estimate of drug-likeness (QED) is 0.589. The first-order chi connectivity index (χ1) is 6.75. The number of hydrogen-bond donors (Lipinski definition) is 2. The fourth-order valence-electron chi connectivity index (χ4n) is 1.24. The van der Waals surface area contributed by atoms with Gasteiger partial charge in [0.25, 0.3) is 0 Å². The number of nitrogens with two attached hydrogens (primary N) is 1. The number of hydrogen-bond acceptors (Lipinski definition) is 4. The van der Waals surface area contributed by atoms with Gasteiger partial charge in [-0.25, -0.2) is 0 Å². The minimum Gasteiger partial charge on any atom is -0.508 e. The molecule has 3 N–H and O–H groups in total. The predicted octanol–water partition coefficient (Wildman–Crippen LogP) is 1.61. The van der Waals surface area contributed by atoms with Crippen molar-refractivity contribution in [1.29, 1.82) is 0 Å². The van der Waals surface area contributed by atoms with Crippen LogP contribution < -0.4 is 5.73 Å². The van der Waals surface area contributed by atoms with Crippen LogP contribution in [0.15, 0.2) is 18.2 Å². The Morgan fingerprint density at radius 1 is 1.50 bits per heavy atom. The van der Waals surface area contributed by atoms with Crippen LogP contribution in [0.2, 0.25) is 0 Å². The molecule has 1 heterocycles. The van der Waals surface area contributed by atoms with E-state index < -0.39 is 0 Å². The van der Waals surface area contributed by atoms with Crippen LogP contribution in [-0.4, -0.2) is 23.6 Å². The van der Waals surface area contributed by atoms with Gasteiger partial charge >= 0.3 is 0 Å². The molecular formula is C10H13NO2S. The summed E-state index contributed by atoms with van der Waals surface area (Å²) < 4.78 is 5.07. The van der Waals surface area contributed by atoms with Crippen molar-refractivity contribution in [2.75, 3.05) is 18.9 Å². The van der Waals surface area contributed by atoms with Crippen molar-refractivity contribution in [2.24, 2.45) is 0 Å². The van der Waals surface area contributed by atoms with Crippen molar-refractivity contribution in [1.82, 2.24) is 0 Å². The zero-order valence-electron chi connectivity index (χ0n) is 7.77. The molecule has 0 aliphatic carbocycles. The van der Waals surface area contributed by atoms with E-state index in [1.807, 2.05) is 6.07 Å². The number of anilines is 1. The summed E-state index contributed by atoms with van der Waals surface area (Å²) >= 11 is 1.80. The molecule has 1 aliphatic rings. The highest BCUT2D eigenvalue weighted by molar-refractivity contribution is 7.99. The second kappa shape index (κ2) is 4.11. The van der Waals surface area contributed by atoms with Gasteiger partial charge in [0, 0.05) is 17.0 Å². The Morgan fingerprint density at radius 2 is 2.29 bits per heavy atom. The Morgan fingerprint density at radius 3 is 2.93 bits per heavy atom. The normalized spacial score (nSPS) is 16.6. The molecular weight excluding hydrogens is 198 g/mol. The molecule has 0 radical (unpaired) electrons. The Labute approximate surface area is 87.3 Å². The summed E-state index contributed by atoms with van der Waals surface area (Å²) in [7, 11) is 0. The molecule has 1 aromatic rings. The molecule has 2 rings (SSSR count). The molecule has 0 spiro atoms. The maximum absolute atomic E-state index is 9.54. The summed E-state index contributed by atoms with van der Waals surface area (Å²) in [6.07, 6.45) is 0. The lowest BCUT2D eigenvalue weighted by Crippen LogP contribution is -2.30. The summed E-state index contributed by atoms with van der Waals surface area (Å²) in [4.78, 5) is 0. The van der Waals surface area contributed by atoms with Crippen molar-refractivity contribution in [3.8, 4) is 5.75 Å². The first-order valence-electron chi connectivity index (χ1n) is 4.52. The van der Waals surface area contributed by atoms with E-state index >= 15 is 0 Å². The largest absolute Gasteiger partial charge is 0.508 e. The molecule has 76 valence electrons. The lowest BCUT2D eigenvalue weighted by Gasteiger charge is -2.25. The molecule has 0 unspecified atom stereocenters. The highest BCUT2D eigenvalue weighted by Crippen LogP contribution is 2.28. The summed E-state index contributed by atoms with van der Waals surface area (Å²) in [5.41, 5.74) is 7.24. The third-order valence-corrected chi connectivity index (χ3v) is 3.41. The third kappa shape index (κ3) is 2.13. The first kappa shape index (κ1) is 9.68. The van der Waals surface area contributed by atoms with Crippen molar-refractivity contribution in [3.63, 3.8) is 0 Å². The Kier molecular flexibility index (Phi) is 2.84. The van der Waals surface area contributed by atoms with Crippen LogP contribution in [0.3, 0.4) is 0 Å². The standard InChI is InChI=1S/C10H13NO2S/c11-8-1-2-10(12)7(3-8)6-14-9-4-13-5-9/h1-3,9,12H,4-6,11H2. The van der Waals surface area contributed by atoms with E-state index in [0.717, 1.165) is 24.5 Å². The van der Waals surface area contributed by atoms with Gasteiger partial charge in [0.15, 0.2) is 0 Å². The molecule has 0 saturated carbocycles. The van der Waals surface area contributed by atoms with E-state index in [4.69, 9.17) is 10.5 Å². The molecule has 0 amide bonds. The van der Waals surface area contributed by atoms with Gasteiger partial charge in [-0.3, -0.25) is 0 Å². The first-order valence-corrected chi connectivity index (χ1v) is 5.57. The average Bonchev–Trinajstić information content (AvgIpc) is 2.08. The van der Waals surface area contributed by atoms with E-state index in [9.17, 15) is 5.11 Å². The zero-order chi connectivity index (χ0) is 9.97. The molecule has 4 heteroatoms. The summed E-state index contributed by atoms with van der Waals surface area (Å²) in [5.74, 6) is 1.12. The number of benzene rings is 1. The van der Waals surface area contributed by atoms with E-state index in [2.05, 4.69) is 0 Å². The molecule has 1 aromatic carbocycles. The number of phenols is 1. The van der Waals surface area contributed by atoms with Gasteiger partial charge in [-0.05, 0) is 18.2 Å². The van der Waals surface area contributed by atoms with Crippen LogP contribution in [0, 0.1) is 0 Å². The molecule has 3 nitrogen and oxygen atoms in total. The molecule has 14 heavy (non-hydrogen) atoms. The Bertz CT molecular complexity index is 326. The zero-order valence-corrected chi connectivity index (χ0v) is 8.59. The third-order valence-electron chi connectivity index (χ3n) is 2.19. The molecule has 0 aromatic heterocycles. The lowest BCUT2D eigenvalue weighted by molar-refractivity contribution is 0.0455. The van der Waals surface area contributed by atoms with Crippen LogP contribution in [0.5, 0.6) is 5.75 Å². The van der Waals surface area contributed by atoms with Gasteiger partial charge in [-0.1, -0.05) is 0 Å². The van der Waals surface area contributed by atoms with E-state index in [0.29, 0.717) is 16.7 Å². The van der Waals surface area contributed by atoms with Crippen molar-refractivity contribution < 1.29 is 9.84 Å². The van der Waals surface area contributed by atoms with Crippen molar-refractivity contribution in [2.45, 2.75) is 11.0 Å². The summed E-state index contributed by atoms with van der Waals surface area (Å²) in [6.45, 7) is 1.65. The number of ether oxygens (including phenoxy) is 1. The number of aromatic hydroxyl groups is 1. The second-order valence-electron chi connectivity index (χ2n) is 3.36. The minimum atomic E-state index is 0.326. The fraction of sp³-hybridized carbons (Fsp3) is 0.400. The predicted molar refractivity (Wildman–Crippen MR) is 58.4 cm³/mol. The van der Waals surface area contributed by atoms with Gasteiger partial charge in [0.2, 0.25) is 0 Å². The van der Waals surface area contributed by atoms with E-state index in [-0.39, 0.29) is 0 Å². The van der Waals surface area contributed by atoms with Crippen LogP contribution in [-0.2, 0) is 10.5 Å². The molecule has 1 aliphatic heterocycles. The minimum absolute atomic E-state index is 0.326. The molecule has 0 bridgehead atoms. The van der Waals surface area contributed by atoms with Crippen LogP contribution >= 0.6 is 11.8 Å². The highest BCUT2D eigenvalue weighted by atomic mass is 32.2. The summed E-state index contributed by atoms with van der Waals surface area (Å²) in [6, 6.07) is 5.17. The van der Waals surface area contributed by atoms with Gasteiger partial charge in [-0.2, -0.15) is 0 Å². The molecule has 1 saturated heterocycles. The fourth-order valence-corrected chi connectivity index (χ4v) is 2.27. The number of rotatable bonds is 3. The monoisotopic (exact) mass is 211 g/mol. The maximum Gasteiger partial charge on any atom is 0.119 e. The van der Waals surface area contributed by atoms with E-state index in [1.165, 1.54) is 0 Å². The van der Waals surface area contributed by atoms with Crippen molar-refractivity contribution >= 4 is 17.4 Å². The molecule has 0 atom stereocenters. The van der Waals surface area contributed by atoms with E-state index in [1.54, 1.807) is 23.9 Å². The number of phenolic OH excluding ortho intramolecular Hbond substituents is 1. The van der Waals surface area contributed by atoms with Gasteiger partial charge in [0.05, 0.1) is 18.5 Å². The second-order valence-corrected chi connectivity index (χ2v) is 4.65. The molecule has 1 fully saturated rings. The average molecular weight is 211 g/mol.